The van der Waals surface area contributed by atoms with E-state index in [1.54, 1.807) is 11.3 Å². The predicted octanol–water partition coefficient (Wildman–Crippen LogP) is 2.85. The fourth-order valence-electron chi connectivity index (χ4n) is 1.16. The van der Waals surface area contributed by atoms with Crippen molar-refractivity contribution >= 4 is 23.1 Å². The van der Waals surface area contributed by atoms with Gasteiger partial charge < -0.3 is 5.32 Å². The molecule has 0 bridgehead atoms. The molecule has 0 amide bonds. The molecule has 2 nitrogen and oxygen atoms in total. The summed E-state index contributed by atoms with van der Waals surface area (Å²) in [5.41, 5.74) is 0. The van der Waals surface area contributed by atoms with Crippen molar-refractivity contribution in [2.24, 2.45) is 0 Å². The Morgan fingerprint density at radius 3 is 3.00 bits per heavy atom. The van der Waals surface area contributed by atoms with E-state index in [9.17, 15) is 0 Å². The number of rotatable bonds is 6. The van der Waals surface area contributed by atoms with Crippen LogP contribution in [-0.4, -0.2) is 17.5 Å². The molecule has 1 rings (SSSR count). The van der Waals surface area contributed by atoms with Gasteiger partial charge in [0.2, 0.25) is 0 Å². The Balaban J connectivity index is 2.27. The molecule has 4 heteroatoms. The summed E-state index contributed by atoms with van der Waals surface area (Å²) in [5, 5.41) is 12.1. The van der Waals surface area contributed by atoms with Crippen LogP contribution in [0.3, 0.4) is 0 Å². The van der Waals surface area contributed by atoms with Crippen molar-refractivity contribution in [3.63, 3.8) is 0 Å². The van der Waals surface area contributed by atoms with E-state index in [4.69, 9.17) is 5.26 Å². The predicted molar refractivity (Wildman–Crippen MR) is 68.3 cm³/mol. The largest absolute Gasteiger partial charge is 0.309 e. The van der Waals surface area contributed by atoms with Crippen LogP contribution in [-0.2, 0) is 6.54 Å². The van der Waals surface area contributed by atoms with Gasteiger partial charge in [0.25, 0.3) is 0 Å². The lowest BCUT2D eigenvalue weighted by Gasteiger charge is -2.11. The molecule has 15 heavy (non-hydrogen) atoms. The molecule has 0 radical (unpaired) electrons. The first kappa shape index (κ1) is 12.6. The molecule has 1 N–H and O–H groups in total. The Hall–Kier alpha value is -0.500. The molecule has 0 aromatic carbocycles. The van der Waals surface area contributed by atoms with Crippen LogP contribution in [0.2, 0.25) is 0 Å². The lowest BCUT2D eigenvalue weighted by molar-refractivity contribution is 0.600. The number of thiophene rings is 1. The summed E-state index contributed by atoms with van der Waals surface area (Å²) in [7, 11) is 0. The van der Waals surface area contributed by atoms with Crippen molar-refractivity contribution < 1.29 is 0 Å². The Morgan fingerprint density at radius 1 is 1.60 bits per heavy atom. The van der Waals surface area contributed by atoms with E-state index < -0.39 is 0 Å². The lowest BCUT2D eigenvalue weighted by atomic mass is 10.3. The molecule has 1 aromatic heterocycles. The summed E-state index contributed by atoms with van der Waals surface area (Å²) >= 11 is 3.52. The Labute approximate surface area is 99.7 Å². The van der Waals surface area contributed by atoms with Gasteiger partial charge in [0, 0.05) is 23.2 Å². The third-order valence-corrected chi connectivity index (χ3v) is 4.10. The van der Waals surface area contributed by atoms with Crippen LogP contribution in [0.4, 0.5) is 0 Å². The van der Waals surface area contributed by atoms with E-state index in [1.165, 1.54) is 10.6 Å². The topological polar surface area (TPSA) is 35.8 Å². The second kappa shape index (κ2) is 6.89. The Kier molecular flexibility index (Phi) is 5.77. The smallest absolute Gasteiger partial charge is 0.110 e. The summed E-state index contributed by atoms with van der Waals surface area (Å²) < 4.78 is 0. The van der Waals surface area contributed by atoms with Gasteiger partial charge in [-0.2, -0.15) is 17.0 Å². The minimum atomic E-state index is 0.530. The van der Waals surface area contributed by atoms with Gasteiger partial charge in [-0.15, -0.1) is 11.3 Å². The zero-order valence-electron chi connectivity index (χ0n) is 9.12. The molecular weight excluding hydrogens is 224 g/mol. The van der Waals surface area contributed by atoms with Crippen LogP contribution >= 0.6 is 23.1 Å². The van der Waals surface area contributed by atoms with Gasteiger partial charge in [-0.1, -0.05) is 6.92 Å². The van der Waals surface area contributed by atoms with E-state index in [1.807, 2.05) is 23.9 Å². The molecule has 1 atom stereocenters. The van der Waals surface area contributed by atoms with Gasteiger partial charge in [-0.3, -0.25) is 0 Å². The van der Waals surface area contributed by atoms with Crippen LogP contribution in [0.5, 0.6) is 0 Å². The van der Waals surface area contributed by atoms with Crippen LogP contribution in [0.15, 0.2) is 12.1 Å². The summed E-state index contributed by atoms with van der Waals surface area (Å²) in [4.78, 5) is 2.03. The van der Waals surface area contributed by atoms with Crippen molar-refractivity contribution in [1.82, 2.24) is 5.32 Å². The summed E-state index contributed by atoms with van der Waals surface area (Å²) in [6.45, 7) is 5.25. The highest BCUT2D eigenvalue weighted by molar-refractivity contribution is 7.99. The van der Waals surface area contributed by atoms with Crippen LogP contribution in [0.1, 0.15) is 23.6 Å². The standard InChI is InChI=1S/C11H16N2S2/c1-3-14-8-9(2)13-7-11-5-4-10(6-12)15-11/h4-5,9,13H,3,7-8H2,1-2H3. The van der Waals surface area contributed by atoms with Crippen LogP contribution in [0.25, 0.3) is 0 Å². The first-order valence-corrected chi connectivity index (χ1v) is 7.03. The molecule has 1 unspecified atom stereocenters. The Morgan fingerprint density at radius 2 is 2.40 bits per heavy atom. The summed E-state index contributed by atoms with van der Waals surface area (Å²) in [6, 6.07) is 6.59. The first-order chi connectivity index (χ1) is 7.26. The third kappa shape index (κ3) is 4.70. The lowest BCUT2D eigenvalue weighted by Crippen LogP contribution is -2.27. The average Bonchev–Trinajstić information content (AvgIpc) is 2.71. The summed E-state index contributed by atoms with van der Waals surface area (Å²) in [6.07, 6.45) is 0. The number of nitrogens with one attached hydrogen (secondary N) is 1. The van der Waals surface area contributed by atoms with Crippen LogP contribution in [0, 0.1) is 11.3 Å². The molecule has 0 saturated heterocycles. The molecule has 0 aliphatic carbocycles. The molecule has 1 heterocycles. The van der Waals surface area contributed by atoms with Gasteiger partial charge in [-0.25, -0.2) is 0 Å². The average molecular weight is 240 g/mol. The molecule has 0 aliphatic rings. The van der Waals surface area contributed by atoms with Gasteiger partial charge >= 0.3 is 0 Å². The van der Waals surface area contributed by atoms with E-state index in [0.717, 1.165) is 17.2 Å². The first-order valence-electron chi connectivity index (χ1n) is 5.06. The highest BCUT2D eigenvalue weighted by Crippen LogP contribution is 2.15. The van der Waals surface area contributed by atoms with Crippen molar-refractivity contribution in [2.45, 2.75) is 26.4 Å². The fraction of sp³-hybridized carbons (Fsp3) is 0.545. The normalized spacial score (nSPS) is 12.3. The zero-order valence-corrected chi connectivity index (χ0v) is 10.8. The molecule has 1 aromatic rings. The molecule has 0 saturated carbocycles. The van der Waals surface area contributed by atoms with Gasteiger partial charge in [-0.05, 0) is 24.8 Å². The maximum atomic E-state index is 8.68. The van der Waals surface area contributed by atoms with Gasteiger partial charge in [0.1, 0.15) is 10.9 Å². The minimum absolute atomic E-state index is 0.530. The molecule has 0 aliphatic heterocycles. The fourth-order valence-corrected chi connectivity index (χ4v) is 2.62. The second-order valence-electron chi connectivity index (χ2n) is 3.32. The number of thioether (sulfide) groups is 1. The maximum absolute atomic E-state index is 8.68. The molecule has 0 fully saturated rings. The van der Waals surface area contributed by atoms with Crippen molar-refractivity contribution in [1.29, 1.82) is 5.26 Å². The minimum Gasteiger partial charge on any atom is -0.309 e. The van der Waals surface area contributed by atoms with E-state index in [-0.39, 0.29) is 0 Å². The molecular formula is C11H16N2S2. The zero-order chi connectivity index (χ0) is 11.1. The van der Waals surface area contributed by atoms with Gasteiger partial charge in [0.15, 0.2) is 0 Å². The van der Waals surface area contributed by atoms with E-state index in [0.29, 0.717) is 6.04 Å². The number of nitriles is 1. The van der Waals surface area contributed by atoms with Crippen molar-refractivity contribution in [3.8, 4) is 6.07 Å². The third-order valence-electron chi connectivity index (χ3n) is 1.97. The monoisotopic (exact) mass is 240 g/mol. The highest BCUT2D eigenvalue weighted by Gasteiger charge is 2.03. The van der Waals surface area contributed by atoms with E-state index >= 15 is 0 Å². The molecule has 82 valence electrons. The second-order valence-corrected chi connectivity index (χ2v) is 5.81. The summed E-state index contributed by atoms with van der Waals surface area (Å²) in [5.74, 6) is 2.32. The van der Waals surface area contributed by atoms with Crippen LogP contribution < -0.4 is 5.32 Å². The molecule has 0 spiro atoms. The van der Waals surface area contributed by atoms with Crippen molar-refractivity contribution in [2.75, 3.05) is 11.5 Å². The van der Waals surface area contributed by atoms with E-state index in [2.05, 4.69) is 25.2 Å². The quantitative estimate of drug-likeness (QED) is 0.830. The number of nitrogens with zero attached hydrogens (tertiary/aromatic N) is 1. The number of hydrogen-bond donors (Lipinski definition) is 1. The highest BCUT2D eigenvalue weighted by atomic mass is 32.2. The number of hydrogen-bond acceptors (Lipinski definition) is 4. The Bertz CT molecular complexity index is 328. The maximum Gasteiger partial charge on any atom is 0.110 e. The SMILES string of the molecule is CCSCC(C)NCc1ccc(C#N)s1. The van der Waals surface area contributed by atoms with Crippen molar-refractivity contribution in [3.05, 3.63) is 21.9 Å². The van der Waals surface area contributed by atoms with Gasteiger partial charge in [0.05, 0.1) is 0 Å².